The fourth-order valence-corrected chi connectivity index (χ4v) is 3.18. The van der Waals surface area contributed by atoms with Crippen molar-refractivity contribution in [2.24, 2.45) is 12.0 Å². The molecular weight excluding hydrogens is 360 g/mol. The number of hydrogen-bond acceptors (Lipinski definition) is 7. The van der Waals surface area contributed by atoms with E-state index in [0.717, 1.165) is 33.4 Å². The first kappa shape index (κ1) is 17.6. The molecule has 4 heterocycles. The van der Waals surface area contributed by atoms with Gasteiger partial charge in [-0.15, -0.1) is 5.10 Å². The van der Waals surface area contributed by atoms with Gasteiger partial charge in [-0.2, -0.15) is 0 Å². The summed E-state index contributed by atoms with van der Waals surface area (Å²) in [7, 11) is 3.40. The van der Waals surface area contributed by atoms with Crippen LogP contribution in [0.3, 0.4) is 0 Å². The normalized spacial score (nSPS) is 16.2. The Balaban J connectivity index is 1.70. The molecule has 4 rings (SSSR count). The number of carbonyl (C=O) groups excluding carboxylic acids is 1. The second-order valence-corrected chi connectivity index (χ2v) is 6.29. The second-order valence-electron chi connectivity index (χ2n) is 6.29. The molecule has 0 aliphatic carbocycles. The molecular formula is C18H20N8O2. The summed E-state index contributed by atoms with van der Waals surface area (Å²) < 4.78 is 6.96. The number of hydrogen-bond donors (Lipinski definition) is 4. The number of amides is 1. The van der Waals surface area contributed by atoms with Crippen molar-refractivity contribution in [2.75, 3.05) is 17.7 Å². The van der Waals surface area contributed by atoms with E-state index < -0.39 is 6.29 Å². The van der Waals surface area contributed by atoms with Gasteiger partial charge in [-0.25, -0.2) is 9.98 Å². The molecule has 1 unspecified atom stereocenters. The zero-order valence-corrected chi connectivity index (χ0v) is 15.6. The largest absolute Gasteiger partial charge is 0.478 e. The summed E-state index contributed by atoms with van der Waals surface area (Å²) in [4.78, 5) is 23.0. The maximum absolute atomic E-state index is 10.8. The summed E-state index contributed by atoms with van der Waals surface area (Å²) >= 11 is 0. The van der Waals surface area contributed by atoms with Crippen LogP contribution in [-0.4, -0.2) is 45.3 Å². The Hall–Kier alpha value is -3.82. The lowest BCUT2D eigenvalue weighted by Crippen LogP contribution is -2.35. The van der Waals surface area contributed by atoms with E-state index in [0.29, 0.717) is 18.1 Å². The minimum atomic E-state index is -0.392. The molecule has 28 heavy (non-hydrogen) atoms. The third-order valence-electron chi connectivity index (χ3n) is 4.42. The molecule has 0 aromatic carbocycles. The molecule has 0 spiro atoms. The summed E-state index contributed by atoms with van der Waals surface area (Å²) in [5.41, 5.74) is 4.22. The lowest BCUT2D eigenvalue weighted by atomic mass is 10.0. The third-order valence-corrected chi connectivity index (χ3v) is 4.42. The summed E-state index contributed by atoms with van der Waals surface area (Å²) in [6.45, 7) is 1.98. The number of aromatic nitrogens is 4. The highest BCUT2D eigenvalue weighted by Gasteiger charge is 2.21. The fourth-order valence-electron chi connectivity index (χ4n) is 3.18. The van der Waals surface area contributed by atoms with E-state index in [2.05, 4.69) is 31.0 Å². The first-order chi connectivity index (χ1) is 13.6. The van der Waals surface area contributed by atoms with Crippen molar-refractivity contribution in [2.45, 2.75) is 13.2 Å². The second kappa shape index (κ2) is 7.06. The van der Waals surface area contributed by atoms with Gasteiger partial charge < -0.3 is 25.7 Å². The number of rotatable bonds is 6. The number of nitrogens with zero attached hydrogens (tertiary/aromatic N) is 4. The lowest BCUT2D eigenvalue weighted by molar-refractivity contribution is -0.105. The predicted molar refractivity (Wildman–Crippen MR) is 106 cm³/mol. The highest BCUT2D eigenvalue weighted by Crippen LogP contribution is 2.27. The van der Waals surface area contributed by atoms with Gasteiger partial charge in [0.1, 0.15) is 5.69 Å². The number of ether oxygens (including phenoxy) is 1. The van der Waals surface area contributed by atoms with E-state index in [9.17, 15) is 4.79 Å². The number of nitrogens with one attached hydrogen (secondary N) is 4. The van der Waals surface area contributed by atoms with E-state index in [-0.39, 0.29) is 0 Å². The maximum Gasteiger partial charge on any atom is 0.256 e. The molecule has 1 aliphatic heterocycles. The van der Waals surface area contributed by atoms with E-state index in [1.54, 1.807) is 18.0 Å². The van der Waals surface area contributed by atoms with Crippen molar-refractivity contribution in [1.29, 1.82) is 0 Å². The van der Waals surface area contributed by atoms with Crippen LogP contribution in [0.25, 0.3) is 10.9 Å². The Kier molecular flexibility index (Phi) is 4.44. The molecule has 0 saturated heterocycles. The molecule has 10 nitrogen and oxygen atoms in total. The average Bonchev–Trinajstić information content (AvgIpc) is 3.27. The van der Waals surface area contributed by atoms with Crippen LogP contribution in [0.2, 0.25) is 0 Å². The third kappa shape index (κ3) is 3.04. The highest BCUT2D eigenvalue weighted by atomic mass is 16.5. The van der Waals surface area contributed by atoms with Crippen LogP contribution >= 0.6 is 0 Å². The molecule has 1 aliphatic rings. The first-order valence-corrected chi connectivity index (χ1v) is 8.62. The monoisotopic (exact) mass is 380 g/mol. The average molecular weight is 380 g/mol. The molecule has 3 aromatic rings. The molecule has 1 amide bonds. The van der Waals surface area contributed by atoms with Crippen molar-refractivity contribution in [3.05, 3.63) is 42.0 Å². The van der Waals surface area contributed by atoms with Crippen LogP contribution in [0, 0.1) is 0 Å². The Morgan fingerprint density at radius 3 is 3.04 bits per heavy atom. The predicted octanol–water partition coefficient (Wildman–Crippen LogP) is 1.57. The summed E-state index contributed by atoms with van der Waals surface area (Å²) in [5.74, 6) is 0.972. The zero-order valence-electron chi connectivity index (χ0n) is 15.6. The topological polar surface area (TPSA) is 121 Å². The van der Waals surface area contributed by atoms with Crippen LogP contribution in [0.4, 0.5) is 11.5 Å². The van der Waals surface area contributed by atoms with Crippen molar-refractivity contribution >= 4 is 34.5 Å². The van der Waals surface area contributed by atoms with Gasteiger partial charge in [0.05, 0.1) is 24.5 Å². The smallest absolute Gasteiger partial charge is 0.256 e. The van der Waals surface area contributed by atoms with E-state index in [1.165, 1.54) is 0 Å². The van der Waals surface area contributed by atoms with E-state index in [4.69, 9.17) is 9.73 Å². The van der Waals surface area contributed by atoms with Crippen molar-refractivity contribution in [1.82, 2.24) is 25.1 Å². The van der Waals surface area contributed by atoms with Gasteiger partial charge in [-0.05, 0) is 18.6 Å². The number of fused-ring (bicyclic) bond motifs is 1. The van der Waals surface area contributed by atoms with E-state index in [1.807, 2.05) is 38.6 Å². The Morgan fingerprint density at radius 1 is 1.39 bits per heavy atom. The Labute approximate surface area is 160 Å². The number of anilines is 2. The number of carbonyl (C=O) groups is 1. The standard InChI is InChI=1S/C18H20N8O2/c1-10-6-21-18(23-13-8-26(2)25-17(13)28-3)24-14(10)12-7-20-15-11(12)4-5-19-16(15)22-9-27/h4-9,18,20-21,23H,1-3H3,(H,19,22,27). The number of pyridine rings is 1. The van der Waals surface area contributed by atoms with Gasteiger partial charge in [0, 0.05) is 36.6 Å². The molecule has 0 fully saturated rings. The number of aliphatic imine (C=N–C) groups is 1. The van der Waals surface area contributed by atoms with Gasteiger partial charge in [0.25, 0.3) is 5.88 Å². The zero-order chi connectivity index (χ0) is 19.7. The van der Waals surface area contributed by atoms with Crippen LogP contribution in [0.15, 0.2) is 41.4 Å². The lowest BCUT2D eigenvalue weighted by Gasteiger charge is -2.22. The highest BCUT2D eigenvalue weighted by molar-refractivity contribution is 6.20. The van der Waals surface area contributed by atoms with Crippen LogP contribution in [0.5, 0.6) is 5.88 Å². The number of H-pyrrole nitrogens is 1. The van der Waals surface area contributed by atoms with Crippen molar-refractivity contribution < 1.29 is 9.53 Å². The Morgan fingerprint density at radius 2 is 2.25 bits per heavy atom. The van der Waals surface area contributed by atoms with Gasteiger partial charge >= 0.3 is 0 Å². The molecule has 0 saturated carbocycles. The minimum Gasteiger partial charge on any atom is -0.478 e. The van der Waals surface area contributed by atoms with Crippen LogP contribution in [0.1, 0.15) is 12.5 Å². The summed E-state index contributed by atoms with van der Waals surface area (Å²) in [5, 5.41) is 14.3. The molecule has 0 bridgehead atoms. The molecule has 3 aromatic heterocycles. The van der Waals surface area contributed by atoms with Gasteiger partial charge in [0.2, 0.25) is 6.41 Å². The number of aromatic amines is 1. The quantitative estimate of drug-likeness (QED) is 0.482. The Bertz CT molecular complexity index is 1090. The fraction of sp³-hybridized carbons (Fsp3) is 0.222. The van der Waals surface area contributed by atoms with Gasteiger partial charge in [-0.3, -0.25) is 9.48 Å². The molecule has 4 N–H and O–H groups in total. The van der Waals surface area contributed by atoms with Crippen LogP contribution < -0.4 is 20.7 Å². The molecule has 0 radical (unpaired) electrons. The molecule has 10 heteroatoms. The maximum atomic E-state index is 10.8. The number of allylic oxidation sites excluding steroid dienone is 1. The van der Waals surface area contributed by atoms with Crippen molar-refractivity contribution in [3.8, 4) is 5.88 Å². The number of methoxy groups -OCH3 is 1. The molecule has 144 valence electrons. The van der Waals surface area contributed by atoms with Crippen LogP contribution in [-0.2, 0) is 11.8 Å². The van der Waals surface area contributed by atoms with Crippen molar-refractivity contribution in [3.63, 3.8) is 0 Å². The first-order valence-electron chi connectivity index (χ1n) is 8.62. The SMILES string of the molecule is COc1nn(C)cc1NC1N=C(c2c[nH]c3c(NC=O)nccc23)C(C)=CN1. The molecule has 1 atom stereocenters. The van der Waals surface area contributed by atoms with Gasteiger partial charge in [0.15, 0.2) is 12.1 Å². The minimum absolute atomic E-state index is 0.392. The summed E-state index contributed by atoms with van der Waals surface area (Å²) in [6, 6.07) is 1.89. The number of aryl methyl sites for hydroxylation is 1. The van der Waals surface area contributed by atoms with Gasteiger partial charge in [-0.1, -0.05) is 0 Å². The summed E-state index contributed by atoms with van der Waals surface area (Å²) in [6.07, 6.45) is 7.48. The van der Waals surface area contributed by atoms with E-state index >= 15 is 0 Å².